The number of hydrogen-bond donors (Lipinski definition) is 2. The highest BCUT2D eigenvalue weighted by Gasteiger charge is 2.47. The lowest BCUT2D eigenvalue weighted by molar-refractivity contribution is -0.151. The highest BCUT2D eigenvalue weighted by atomic mass is 35.5. The number of alkyl halides is 3. The predicted molar refractivity (Wildman–Crippen MR) is 162 cm³/mol. The quantitative estimate of drug-likeness (QED) is 0.285. The maximum absolute atomic E-state index is 12.9. The molecule has 0 bridgehead atoms. The van der Waals surface area contributed by atoms with E-state index >= 15 is 0 Å². The number of ether oxygens (including phenoxy) is 1. The van der Waals surface area contributed by atoms with Crippen LogP contribution in [0, 0.1) is 17.7 Å². The summed E-state index contributed by atoms with van der Waals surface area (Å²) in [5, 5.41) is 19.1. The third-order valence-electron chi connectivity index (χ3n) is 8.15. The molecule has 2 saturated heterocycles. The summed E-state index contributed by atoms with van der Waals surface area (Å²) in [7, 11) is 0. The highest BCUT2D eigenvalue weighted by molar-refractivity contribution is 6.33. The largest absolute Gasteiger partial charge is 0.491 e. The van der Waals surface area contributed by atoms with Gasteiger partial charge < -0.3 is 20.2 Å². The van der Waals surface area contributed by atoms with Gasteiger partial charge in [-0.05, 0) is 78.2 Å². The number of nitrogens with zero attached hydrogens (tertiary/aromatic N) is 4. The van der Waals surface area contributed by atoms with Gasteiger partial charge in [-0.3, -0.25) is 4.90 Å². The van der Waals surface area contributed by atoms with Gasteiger partial charge >= 0.3 is 6.18 Å². The molecular weight excluding hydrogens is 567 g/mol. The van der Waals surface area contributed by atoms with Crippen molar-refractivity contribution in [1.29, 1.82) is 5.41 Å². The van der Waals surface area contributed by atoms with Crippen molar-refractivity contribution in [2.45, 2.75) is 72.6 Å². The van der Waals surface area contributed by atoms with Crippen LogP contribution in [0.25, 0.3) is 17.0 Å². The van der Waals surface area contributed by atoms with Crippen molar-refractivity contribution in [3.8, 4) is 17.1 Å². The zero-order valence-electron chi connectivity index (χ0n) is 25.0. The van der Waals surface area contributed by atoms with E-state index in [1.165, 1.54) is 4.90 Å². The molecule has 0 unspecified atom stereocenters. The second-order valence-electron chi connectivity index (χ2n) is 12.0. The molecule has 1 spiro atoms. The van der Waals surface area contributed by atoms with E-state index in [9.17, 15) is 18.3 Å². The number of aliphatic hydroxyl groups excluding tert-OH is 1. The Bertz CT molecular complexity index is 1330. The van der Waals surface area contributed by atoms with Gasteiger partial charge in [0, 0.05) is 40.9 Å². The normalized spacial score (nSPS) is 17.6. The van der Waals surface area contributed by atoms with E-state index in [-0.39, 0.29) is 12.0 Å². The van der Waals surface area contributed by atoms with Gasteiger partial charge in [0.25, 0.3) is 0 Å². The van der Waals surface area contributed by atoms with Crippen molar-refractivity contribution < 1.29 is 23.0 Å². The summed E-state index contributed by atoms with van der Waals surface area (Å²) in [6, 6.07) is 5.23. The topological polar surface area (TPSA) is 85.6 Å². The number of rotatable bonds is 10. The molecule has 4 rings (SSSR count). The van der Waals surface area contributed by atoms with Gasteiger partial charge in [0.05, 0.1) is 23.4 Å². The van der Waals surface area contributed by atoms with Crippen LogP contribution in [0.2, 0.25) is 5.02 Å². The van der Waals surface area contributed by atoms with Crippen LogP contribution in [-0.2, 0) is 0 Å². The summed E-state index contributed by atoms with van der Waals surface area (Å²) in [5.74, 6) is 1.67. The van der Waals surface area contributed by atoms with Crippen LogP contribution in [-0.4, -0.2) is 77.3 Å². The fourth-order valence-corrected chi connectivity index (χ4v) is 6.21. The van der Waals surface area contributed by atoms with Gasteiger partial charge in [0.2, 0.25) is 0 Å². The fraction of sp³-hybridized carbons (Fsp3) is 0.581. The van der Waals surface area contributed by atoms with E-state index < -0.39 is 18.8 Å². The Balaban J connectivity index is 1.66. The van der Waals surface area contributed by atoms with E-state index in [4.69, 9.17) is 31.7 Å². The number of aromatic nitrogens is 2. The number of anilines is 1. The van der Waals surface area contributed by atoms with Crippen molar-refractivity contribution in [3.63, 3.8) is 0 Å². The first-order valence-corrected chi connectivity index (χ1v) is 14.9. The Morgan fingerprint density at radius 1 is 1.17 bits per heavy atom. The van der Waals surface area contributed by atoms with E-state index in [1.807, 2.05) is 27.7 Å². The number of nitrogens with one attached hydrogen (secondary N) is 1. The summed E-state index contributed by atoms with van der Waals surface area (Å²) >= 11 is 6.66. The SMILES string of the molecule is CCC[C@@H](O)COc1ccc(Cl)c(-c2nc(C(C(C)=N)=C(C)C)c(C)c(N3CC4(CCN(CC(F)(F)F)CC4)C3)n2)c1. The molecule has 1 aromatic carbocycles. The number of piperidine rings is 1. The number of benzene rings is 1. The Labute approximate surface area is 251 Å². The van der Waals surface area contributed by atoms with Crippen LogP contribution in [0.3, 0.4) is 0 Å². The summed E-state index contributed by atoms with van der Waals surface area (Å²) in [4.78, 5) is 13.5. The molecule has 0 amide bonds. The summed E-state index contributed by atoms with van der Waals surface area (Å²) < 4.78 is 44.6. The molecule has 2 N–H and O–H groups in total. The summed E-state index contributed by atoms with van der Waals surface area (Å²) in [5.41, 5.74) is 4.11. The van der Waals surface area contributed by atoms with Crippen molar-refractivity contribution in [2.75, 3.05) is 44.2 Å². The third-order valence-corrected chi connectivity index (χ3v) is 8.48. The Kier molecular flexibility index (Phi) is 9.89. The molecule has 2 fully saturated rings. The zero-order valence-corrected chi connectivity index (χ0v) is 25.8. The summed E-state index contributed by atoms with van der Waals surface area (Å²) in [6.07, 6.45) is -1.86. The van der Waals surface area contributed by atoms with Crippen LogP contribution in [0.5, 0.6) is 5.75 Å². The maximum Gasteiger partial charge on any atom is 0.401 e. The molecule has 42 heavy (non-hydrogen) atoms. The smallest absolute Gasteiger partial charge is 0.401 e. The third kappa shape index (κ3) is 7.44. The second-order valence-corrected chi connectivity index (χ2v) is 12.4. The van der Waals surface area contributed by atoms with E-state index in [0.29, 0.717) is 79.0 Å². The van der Waals surface area contributed by atoms with Crippen molar-refractivity contribution in [1.82, 2.24) is 14.9 Å². The lowest BCUT2D eigenvalue weighted by Crippen LogP contribution is -2.61. The minimum atomic E-state index is -4.18. The monoisotopic (exact) mass is 607 g/mol. The van der Waals surface area contributed by atoms with Gasteiger partial charge in [-0.2, -0.15) is 13.2 Å². The van der Waals surface area contributed by atoms with Crippen LogP contribution >= 0.6 is 11.6 Å². The molecule has 1 atom stereocenters. The number of likely N-dealkylation sites (tertiary alicyclic amines) is 1. The van der Waals surface area contributed by atoms with Gasteiger partial charge in [-0.15, -0.1) is 0 Å². The molecule has 0 saturated carbocycles. The predicted octanol–water partition coefficient (Wildman–Crippen LogP) is 6.94. The fourth-order valence-electron chi connectivity index (χ4n) is 6.01. The first-order chi connectivity index (χ1) is 19.7. The molecular formula is C31H41ClF3N5O2. The van der Waals surface area contributed by atoms with Crippen molar-refractivity contribution in [2.24, 2.45) is 5.41 Å². The molecule has 230 valence electrons. The van der Waals surface area contributed by atoms with Gasteiger partial charge in [0.15, 0.2) is 5.82 Å². The second kappa shape index (κ2) is 12.9. The average molecular weight is 608 g/mol. The number of hydrogen-bond acceptors (Lipinski definition) is 7. The first-order valence-electron chi connectivity index (χ1n) is 14.5. The number of halogens is 4. The molecule has 2 aromatic rings. The minimum Gasteiger partial charge on any atom is -0.491 e. The maximum atomic E-state index is 12.9. The highest BCUT2D eigenvalue weighted by Crippen LogP contribution is 2.45. The summed E-state index contributed by atoms with van der Waals surface area (Å²) in [6.45, 7) is 11.1. The van der Waals surface area contributed by atoms with Gasteiger partial charge in [-0.25, -0.2) is 9.97 Å². The van der Waals surface area contributed by atoms with Crippen LogP contribution in [0.1, 0.15) is 64.6 Å². The Morgan fingerprint density at radius 3 is 2.40 bits per heavy atom. The Hall–Kier alpha value is -2.69. The molecule has 3 heterocycles. The molecule has 2 aliphatic heterocycles. The van der Waals surface area contributed by atoms with Crippen LogP contribution in [0.4, 0.5) is 19.0 Å². The average Bonchev–Trinajstić information content (AvgIpc) is 2.88. The van der Waals surface area contributed by atoms with E-state index in [0.717, 1.165) is 28.9 Å². The lowest BCUT2D eigenvalue weighted by Gasteiger charge is -2.55. The van der Waals surface area contributed by atoms with Gasteiger partial charge in [-0.1, -0.05) is 30.5 Å². The molecule has 7 nitrogen and oxygen atoms in total. The first kappa shape index (κ1) is 32.2. The van der Waals surface area contributed by atoms with E-state index in [1.54, 1.807) is 25.1 Å². The van der Waals surface area contributed by atoms with Crippen LogP contribution < -0.4 is 9.64 Å². The molecule has 11 heteroatoms. The van der Waals surface area contributed by atoms with Crippen molar-refractivity contribution >= 4 is 28.7 Å². The minimum absolute atomic E-state index is 0.0403. The van der Waals surface area contributed by atoms with E-state index in [2.05, 4.69) is 4.90 Å². The molecule has 1 aromatic heterocycles. The van der Waals surface area contributed by atoms with Crippen LogP contribution in [0.15, 0.2) is 23.8 Å². The van der Waals surface area contributed by atoms with Crippen molar-refractivity contribution in [3.05, 3.63) is 40.1 Å². The Morgan fingerprint density at radius 2 is 1.83 bits per heavy atom. The van der Waals surface area contributed by atoms with Gasteiger partial charge in [0.1, 0.15) is 18.2 Å². The standard InChI is InChI=1S/C31H41ClF3N5O2/c1-6-7-22(41)15-42-23-8-9-25(32)24(14-23)28-37-27(26(19(2)3)21(5)36)20(4)29(38-28)40-16-30(17-40)10-12-39(13-11-30)18-31(33,34)35/h8-9,14,22,36,41H,6-7,10-13,15-18H2,1-5H3/t22-/m1/s1. The zero-order chi connectivity index (χ0) is 30.8. The lowest BCUT2D eigenvalue weighted by atomic mass is 9.72. The molecule has 0 radical (unpaired) electrons. The molecule has 2 aliphatic rings. The number of aliphatic hydroxyl groups is 1. The molecule has 0 aliphatic carbocycles. The number of allylic oxidation sites excluding steroid dienone is 2.